The molecule has 0 bridgehead atoms. The van der Waals surface area contributed by atoms with Crippen LogP contribution in [0.4, 0.5) is 9.18 Å². The van der Waals surface area contributed by atoms with Crippen LogP contribution in [0, 0.1) is 5.82 Å². The van der Waals surface area contributed by atoms with E-state index in [-0.39, 0.29) is 23.7 Å². The van der Waals surface area contributed by atoms with Gasteiger partial charge in [0.2, 0.25) is 5.91 Å². The maximum Gasteiger partial charge on any atom is 0.410 e. The molecule has 2 rings (SSSR count). The van der Waals surface area contributed by atoms with Crippen molar-refractivity contribution in [3.63, 3.8) is 0 Å². The highest BCUT2D eigenvalue weighted by atomic mass is 19.1. The monoisotopic (exact) mass is 348 g/mol. The minimum atomic E-state index is -0.587. The first-order valence-electron chi connectivity index (χ1n) is 8.36. The topological polar surface area (TPSA) is 58.6 Å². The van der Waals surface area contributed by atoms with E-state index in [0.717, 1.165) is 5.56 Å². The van der Waals surface area contributed by atoms with Crippen molar-refractivity contribution < 1.29 is 18.7 Å². The molecule has 0 saturated carbocycles. The number of amides is 2. The first-order chi connectivity index (χ1) is 11.7. The number of piperidine rings is 1. The molecule has 1 fully saturated rings. The smallest absolute Gasteiger partial charge is 0.410 e. The number of carbonyl (C=O) groups is 2. The molecule has 1 aliphatic rings. The van der Waals surface area contributed by atoms with Crippen LogP contribution in [0.15, 0.2) is 36.9 Å². The molecule has 0 radical (unpaired) electrons. The number of nitrogens with zero attached hydrogens (tertiary/aromatic N) is 1. The Kier molecular flexibility index (Phi) is 5.82. The van der Waals surface area contributed by atoms with Crippen LogP contribution < -0.4 is 5.32 Å². The van der Waals surface area contributed by atoms with Gasteiger partial charge in [-0.25, -0.2) is 9.18 Å². The molecule has 0 spiro atoms. The lowest BCUT2D eigenvalue weighted by atomic mass is 9.85. The fraction of sp³-hybridized carbons (Fsp3) is 0.474. The highest BCUT2D eigenvalue weighted by Gasteiger charge is 2.35. The summed E-state index contributed by atoms with van der Waals surface area (Å²) in [6, 6.07) is 6.01. The van der Waals surface area contributed by atoms with E-state index in [1.807, 2.05) is 6.07 Å². The van der Waals surface area contributed by atoms with Gasteiger partial charge in [0.15, 0.2) is 0 Å². The molecule has 2 atom stereocenters. The predicted molar refractivity (Wildman–Crippen MR) is 93.7 cm³/mol. The van der Waals surface area contributed by atoms with E-state index in [4.69, 9.17) is 4.74 Å². The summed E-state index contributed by atoms with van der Waals surface area (Å²) >= 11 is 0. The molecular formula is C19H25FN2O3. The quantitative estimate of drug-likeness (QED) is 0.853. The molecule has 1 saturated heterocycles. The second-order valence-corrected chi connectivity index (χ2v) is 7.20. The zero-order valence-corrected chi connectivity index (χ0v) is 14.9. The van der Waals surface area contributed by atoms with Gasteiger partial charge in [-0.2, -0.15) is 0 Å². The van der Waals surface area contributed by atoms with Crippen LogP contribution in [0.3, 0.4) is 0 Å². The Morgan fingerprint density at radius 2 is 2.12 bits per heavy atom. The summed E-state index contributed by atoms with van der Waals surface area (Å²) in [5, 5.41) is 2.86. The van der Waals surface area contributed by atoms with E-state index in [1.165, 1.54) is 18.2 Å². The Hall–Kier alpha value is -2.37. The number of carbonyl (C=O) groups excluding carboxylic acids is 2. The van der Waals surface area contributed by atoms with Crippen LogP contribution in [0.1, 0.15) is 38.7 Å². The average Bonchev–Trinajstić information content (AvgIpc) is 2.53. The van der Waals surface area contributed by atoms with Crippen LogP contribution >= 0.6 is 0 Å². The van der Waals surface area contributed by atoms with Crippen molar-refractivity contribution in [1.82, 2.24) is 10.2 Å². The van der Waals surface area contributed by atoms with Crippen LogP contribution in [0.2, 0.25) is 0 Å². The number of ether oxygens (including phenoxy) is 1. The fourth-order valence-electron chi connectivity index (χ4n) is 2.97. The minimum Gasteiger partial charge on any atom is -0.444 e. The summed E-state index contributed by atoms with van der Waals surface area (Å²) in [6.45, 7) is 9.67. The van der Waals surface area contributed by atoms with Gasteiger partial charge < -0.3 is 15.0 Å². The van der Waals surface area contributed by atoms with Gasteiger partial charge in [-0.15, -0.1) is 0 Å². The zero-order valence-electron chi connectivity index (χ0n) is 14.9. The third-order valence-electron chi connectivity index (χ3n) is 4.05. The maximum absolute atomic E-state index is 13.6. The average molecular weight is 348 g/mol. The van der Waals surface area contributed by atoms with Gasteiger partial charge in [0.25, 0.3) is 0 Å². The number of hydrogen-bond donors (Lipinski definition) is 1. The lowest BCUT2D eigenvalue weighted by molar-refractivity contribution is -0.117. The molecule has 1 N–H and O–H groups in total. The van der Waals surface area contributed by atoms with Crippen LogP contribution in [-0.2, 0) is 9.53 Å². The number of halogens is 1. The predicted octanol–water partition coefficient (Wildman–Crippen LogP) is 3.22. The van der Waals surface area contributed by atoms with Crippen molar-refractivity contribution >= 4 is 12.0 Å². The van der Waals surface area contributed by atoms with Crippen molar-refractivity contribution in [2.24, 2.45) is 0 Å². The lowest BCUT2D eigenvalue weighted by Crippen LogP contribution is -2.53. The standard InChI is InChI=1S/C19H25FN2O3/c1-5-17(23)21-16-12-22(18(24)25-19(2,3)4)10-9-15(16)13-7-6-8-14(20)11-13/h5-8,11,15-16H,1,9-10,12H2,2-4H3,(H,21,23)/t15-,16-/m1/s1. The summed E-state index contributed by atoms with van der Waals surface area (Å²) in [6.07, 6.45) is 1.38. The third-order valence-corrected chi connectivity index (χ3v) is 4.05. The largest absolute Gasteiger partial charge is 0.444 e. The van der Waals surface area contributed by atoms with Gasteiger partial charge in [0.05, 0.1) is 6.04 Å². The molecular weight excluding hydrogens is 323 g/mol. The highest BCUT2D eigenvalue weighted by molar-refractivity contribution is 5.87. The van der Waals surface area contributed by atoms with Crippen molar-refractivity contribution in [3.05, 3.63) is 48.3 Å². The Bertz CT molecular complexity index is 654. The van der Waals surface area contributed by atoms with E-state index in [2.05, 4.69) is 11.9 Å². The Morgan fingerprint density at radius 1 is 1.40 bits per heavy atom. The molecule has 1 heterocycles. The summed E-state index contributed by atoms with van der Waals surface area (Å²) in [5.74, 6) is -0.725. The van der Waals surface area contributed by atoms with Gasteiger partial charge in [-0.05, 0) is 51.0 Å². The molecule has 25 heavy (non-hydrogen) atoms. The maximum atomic E-state index is 13.6. The second-order valence-electron chi connectivity index (χ2n) is 7.20. The molecule has 136 valence electrons. The molecule has 1 aromatic carbocycles. The summed E-state index contributed by atoms with van der Waals surface area (Å²) in [5.41, 5.74) is 0.217. The molecule has 0 unspecified atom stereocenters. The molecule has 0 aromatic heterocycles. The van der Waals surface area contributed by atoms with Crippen molar-refractivity contribution in [1.29, 1.82) is 0 Å². The van der Waals surface area contributed by atoms with Gasteiger partial charge in [0, 0.05) is 19.0 Å². The molecule has 5 nitrogen and oxygen atoms in total. The fourth-order valence-corrected chi connectivity index (χ4v) is 2.97. The highest BCUT2D eigenvalue weighted by Crippen LogP contribution is 2.29. The normalized spacial score (nSPS) is 20.7. The van der Waals surface area contributed by atoms with Crippen LogP contribution in [-0.4, -0.2) is 41.6 Å². The van der Waals surface area contributed by atoms with Gasteiger partial charge in [-0.3, -0.25) is 4.79 Å². The van der Waals surface area contributed by atoms with E-state index in [9.17, 15) is 14.0 Å². The third kappa shape index (κ3) is 5.31. The number of benzene rings is 1. The number of rotatable bonds is 3. The number of nitrogens with one attached hydrogen (secondary N) is 1. The van der Waals surface area contributed by atoms with E-state index < -0.39 is 11.7 Å². The van der Waals surface area contributed by atoms with E-state index >= 15 is 0 Å². The number of likely N-dealkylation sites (tertiary alicyclic amines) is 1. The van der Waals surface area contributed by atoms with E-state index in [0.29, 0.717) is 19.5 Å². The van der Waals surface area contributed by atoms with Crippen LogP contribution in [0.5, 0.6) is 0 Å². The minimum absolute atomic E-state index is 0.0849. The van der Waals surface area contributed by atoms with Crippen LogP contribution in [0.25, 0.3) is 0 Å². The Morgan fingerprint density at radius 3 is 2.72 bits per heavy atom. The van der Waals surface area contributed by atoms with Crippen molar-refractivity contribution in [3.8, 4) is 0 Å². The summed E-state index contributed by atoms with van der Waals surface area (Å²) < 4.78 is 19.0. The first kappa shape index (κ1) is 19.0. The molecule has 6 heteroatoms. The lowest BCUT2D eigenvalue weighted by Gasteiger charge is -2.39. The Labute approximate surface area is 147 Å². The molecule has 0 aliphatic carbocycles. The molecule has 1 aromatic rings. The molecule has 2 amide bonds. The zero-order chi connectivity index (χ0) is 18.6. The molecule has 1 aliphatic heterocycles. The summed E-state index contributed by atoms with van der Waals surface area (Å²) in [4.78, 5) is 25.7. The second kappa shape index (κ2) is 7.68. The first-order valence-corrected chi connectivity index (χ1v) is 8.36. The van der Waals surface area contributed by atoms with Gasteiger partial charge in [-0.1, -0.05) is 18.7 Å². The van der Waals surface area contributed by atoms with Crippen molar-refractivity contribution in [2.45, 2.75) is 44.8 Å². The van der Waals surface area contributed by atoms with E-state index in [1.54, 1.807) is 31.7 Å². The summed E-state index contributed by atoms with van der Waals surface area (Å²) in [7, 11) is 0. The van der Waals surface area contributed by atoms with Gasteiger partial charge in [0.1, 0.15) is 11.4 Å². The number of hydrogen-bond acceptors (Lipinski definition) is 3. The van der Waals surface area contributed by atoms with Crippen molar-refractivity contribution in [2.75, 3.05) is 13.1 Å². The van der Waals surface area contributed by atoms with Gasteiger partial charge >= 0.3 is 6.09 Å². The Balaban J connectivity index is 2.18. The SMILES string of the molecule is C=CC(=O)N[C@@H]1CN(C(=O)OC(C)(C)C)CC[C@@H]1c1cccc(F)c1.